The summed E-state index contributed by atoms with van der Waals surface area (Å²) in [6, 6.07) is 9.39. The maximum Gasteiger partial charge on any atom is 0.266 e. The molecule has 8 heteroatoms. The number of nitrogens with zero attached hydrogens (tertiary/aromatic N) is 3. The lowest BCUT2D eigenvalue weighted by Gasteiger charge is -2.32. The summed E-state index contributed by atoms with van der Waals surface area (Å²) in [4.78, 5) is 37.5. The Hall–Kier alpha value is -2.84. The highest BCUT2D eigenvalue weighted by atomic mass is 32.1. The third-order valence-electron chi connectivity index (χ3n) is 5.18. The second kappa shape index (κ2) is 8.72. The van der Waals surface area contributed by atoms with Gasteiger partial charge < -0.3 is 15.0 Å². The molecule has 0 spiro atoms. The average Bonchev–Trinajstić information content (AvgIpc) is 3.09. The Morgan fingerprint density at radius 2 is 2.00 bits per heavy atom. The zero-order chi connectivity index (χ0) is 22.1. The molecule has 2 amide bonds. The van der Waals surface area contributed by atoms with Crippen LogP contribution >= 0.6 is 11.3 Å². The van der Waals surface area contributed by atoms with Crippen molar-refractivity contribution in [3.8, 4) is 0 Å². The molecule has 1 fully saturated rings. The Bertz CT molecular complexity index is 1140. The fourth-order valence-electron chi connectivity index (χ4n) is 3.77. The fourth-order valence-corrected chi connectivity index (χ4v) is 4.66. The van der Waals surface area contributed by atoms with Crippen molar-refractivity contribution < 1.29 is 14.3 Å². The summed E-state index contributed by atoms with van der Waals surface area (Å²) in [7, 11) is 0. The van der Waals surface area contributed by atoms with E-state index in [9.17, 15) is 9.59 Å². The van der Waals surface area contributed by atoms with Crippen LogP contribution in [0.15, 0.2) is 30.3 Å². The smallest absolute Gasteiger partial charge is 0.266 e. The lowest BCUT2D eigenvalue weighted by molar-refractivity contribution is -0.0244. The van der Waals surface area contributed by atoms with Crippen molar-refractivity contribution >= 4 is 34.1 Å². The van der Waals surface area contributed by atoms with E-state index in [0.29, 0.717) is 35.8 Å². The Balaban J connectivity index is 1.65. The maximum absolute atomic E-state index is 13.1. The largest absolute Gasteiger partial charge is 0.368 e. The molecular formula is C23H26N4O3S. The molecular weight excluding hydrogens is 412 g/mol. The molecule has 162 valence electrons. The normalized spacial score (nSPS) is 16.7. The molecule has 0 bridgehead atoms. The zero-order valence-corrected chi connectivity index (χ0v) is 19.0. The monoisotopic (exact) mass is 438 g/mol. The van der Waals surface area contributed by atoms with Gasteiger partial charge in [-0.05, 0) is 39.8 Å². The number of nitrogens with one attached hydrogen (secondary N) is 1. The molecule has 1 unspecified atom stereocenters. The summed E-state index contributed by atoms with van der Waals surface area (Å²) in [5, 5.41) is 4.63. The Morgan fingerprint density at radius 3 is 2.71 bits per heavy atom. The van der Waals surface area contributed by atoms with Crippen molar-refractivity contribution in [2.24, 2.45) is 0 Å². The molecule has 2 aromatic heterocycles. The number of ether oxygens (including phenoxy) is 1. The van der Waals surface area contributed by atoms with Gasteiger partial charge in [-0.15, -0.1) is 11.3 Å². The Labute approximate surface area is 185 Å². The zero-order valence-electron chi connectivity index (χ0n) is 18.1. The summed E-state index contributed by atoms with van der Waals surface area (Å²) < 4.78 is 5.98. The fraction of sp³-hybridized carbons (Fsp3) is 0.391. The van der Waals surface area contributed by atoms with Crippen molar-refractivity contribution in [3.63, 3.8) is 0 Å². The van der Waals surface area contributed by atoms with Crippen LogP contribution in [0, 0.1) is 13.8 Å². The second-order valence-electron chi connectivity index (χ2n) is 8.00. The molecule has 0 saturated carbocycles. The van der Waals surface area contributed by atoms with Crippen molar-refractivity contribution in [3.05, 3.63) is 57.2 Å². The number of fused-ring (bicyclic) bond motifs is 1. The van der Waals surface area contributed by atoms with Gasteiger partial charge in [-0.2, -0.15) is 0 Å². The third kappa shape index (κ3) is 4.45. The number of carbonyl (C=O) groups excluding carboxylic acids is 2. The molecule has 3 aromatic rings. The predicted octanol–water partition coefficient (Wildman–Crippen LogP) is 3.66. The van der Waals surface area contributed by atoms with Gasteiger partial charge in [-0.3, -0.25) is 9.59 Å². The van der Waals surface area contributed by atoms with Gasteiger partial charge in [0.2, 0.25) is 0 Å². The maximum atomic E-state index is 13.1. The van der Waals surface area contributed by atoms with Gasteiger partial charge in [0.05, 0.1) is 40.6 Å². The molecule has 3 heterocycles. The second-order valence-corrected chi connectivity index (χ2v) is 9.20. The number of benzene rings is 1. The van der Waals surface area contributed by atoms with Crippen LogP contribution in [0.1, 0.15) is 56.4 Å². The van der Waals surface area contributed by atoms with Crippen molar-refractivity contribution in [1.82, 2.24) is 20.2 Å². The van der Waals surface area contributed by atoms with Crippen molar-refractivity contribution in [2.45, 2.75) is 39.8 Å². The van der Waals surface area contributed by atoms with Crippen LogP contribution in [0.3, 0.4) is 0 Å². The highest BCUT2D eigenvalue weighted by Gasteiger charge is 2.30. The molecule has 1 aliphatic heterocycles. The van der Waals surface area contributed by atoms with Crippen LogP contribution in [0.5, 0.6) is 0 Å². The predicted molar refractivity (Wildman–Crippen MR) is 121 cm³/mol. The van der Waals surface area contributed by atoms with Crippen LogP contribution in [0.2, 0.25) is 0 Å². The minimum absolute atomic E-state index is 0.0213. The van der Waals surface area contributed by atoms with Gasteiger partial charge >= 0.3 is 0 Å². The summed E-state index contributed by atoms with van der Waals surface area (Å²) in [6.07, 6.45) is -0.401. The first-order valence-corrected chi connectivity index (χ1v) is 11.2. The first-order chi connectivity index (χ1) is 14.8. The average molecular weight is 439 g/mol. The molecule has 1 aromatic carbocycles. The number of aryl methyl sites for hydroxylation is 2. The minimum atomic E-state index is -0.401. The van der Waals surface area contributed by atoms with Gasteiger partial charge in [0.25, 0.3) is 11.8 Å². The number of hydrogen-bond acceptors (Lipinski definition) is 6. The summed E-state index contributed by atoms with van der Waals surface area (Å²) in [5.74, 6) is -0.177. The number of carbonyl (C=O) groups is 2. The van der Waals surface area contributed by atoms with Gasteiger partial charge in [-0.25, -0.2) is 9.97 Å². The Kier molecular flexibility index (Phi) is 6.02. The van der Waals surface area contributed by atoms with Gasteiger partial charge in [-0.1, -0.05) is 18.2 Å². The van der Waals surface area contributed by atoms with Gasteiger partial charge in [0.15, 0.2) is 0 Å². The van der Waals surface area contributed by atoms with Crippen LogP contribution in [-0.2, 0) is 4.74 Å². The molecule has 1 saturated heterocycles. The van der Waals surface area contributed by atoms with E-state index in [2.05, 4.69) is 10.3 Å². The SMILES string of the molecule is Cc1nc(C)c(C(=O)N2CCOC(c3cc(C(=O)NC(C)C)c4ccccc4n3)C2)s1. The molecule has 1 aliphatic rings. The minimum Gasteiger partial charge on any atom is -0.368 e. The summed E-state index contributed by atoms with van der Waals surface area (Å²) >= 11 is 1.42. The number of para-hydroxylation sites is 1. The van der Waals surface area contributed by atoms with E-state index in [1.165, 1.54) is 11.3 Å². The molecule has 0 aliphatic carbocycles. The number of hydrogen-bond donors (Lipinski definition) is 1. The Morgan fingerprint density at radius 1 is 1.23 bits per heavy atom. The summed E-state index contributed by atoms with van der Waals surface area (Å²) in [6.45, 7) is 8.93. The van der Waals surface area contributed by atoms with Gasteiger partial charge in [0, 0.05) is 18.0 Å². The van der Waals surface area contributed by atoms with E-state index in [1.807, 2.05) is 52.0 Å². The van der Waals surface area contributed by atoms with E-state index in [4.69, 9.17) is 9.72 Å². The molecule has 31 heavy (non-hydrogen) atoms. The van der Waals surface area contributed by atoms with E-state index in [0.717, 1.165) is 21.6 Å². The number of aromatic nitrogens is 2. The lowest BCUT2D eigenvalue weighted by Crippen LogP contribution is -2.42. The number of pyridine rings is 1. The molecule has 7 nitrogen and oxygen atoms in total. The van der Waals surface area contributed by atoms with E-state index in [1.54, 1.807) is 11.0 Å². The number of rotatable bonds is 4. The van der Waals surface area contributed by atoms with Crippen LogP contribution in [0.4, 0.5) is 0 Å². The number of thiazole rings is 1. The van der Waals surface area contributed by atoms with E-state index < -0.39 is 6.10 Å². The quantitative estimate of drug-likeness (QED) is 0.672. The molecule has 1 N–H and O–H groups in total. The topological polar surface area (TPSA) is 84.4 Å². The lowest BCUT2D eigenvalue weighted by atomic mass is 10.0. The van der Waals surface area contributed by atoms with Crippen LogP contribution in [0.25, 0.3) is 10.9 Å². The number of amides is 2. The van der Waals surface area contributed by atoms with Crippen LogP contribution < -0.4 is 5.32 Å². The summed E-state index contributed by atoms with van der Waals surface area (Å²) in [5.41, 5.74) is 2.71. The first kappa shape index (κ1) is 21.4. The standard InChI is InChI=1S/C23H26N4O3S/c1-13(2)24-22(28)17-11-19(26-18-8-6-5-7-16(17)18)20-12-27(9-10-30-20)23(29)21-14(3)25-15(4)31-21/h5-8,11,13,20H,9-10,12H2,1-4H3,(H,24,28). The van der Waals surface area contributed by atoms with Gasteiger partial charge in [0.1, 0.15) is 11.0 Å². The highest BCUT2D eigenvalue weighted by molar-refractivity contribution is 7.13. The molecule has 4 rings (SSSR count). The number of morpholine rings is 1. The van der Waals surface area contributed by atoms with Crippen molar-refractivity contribution in [1.29, 1.82) is 0 Å². The first-order valence-electron chi connectivity index (χ1n) is 10.4. The van der Waals surface area contributed by atoms with Crippen molar-refractivity contribution in [2.75, 3.05) is 19.7 Å². The third-order valence-corrected chi connectivity index (χ3v) is 6.24. The molecule has 1 atom stereocenters. The van der Waals surface area contributed by atoms with E-state index >= 15 is 0 Å². The van der Waals surface area contributed by atoms with E-state index in [-0.39, 0.29) is 17.9 Å². The van der Waals surface area contributed by atoms with Crippen LogP contribution in [-0.4, -0.2) is 52.4 Å². The molecule has 0 radical (unpaired) electrons. The highest BCUT2D eigenvalue weighted by Crippen LogP contribution is 2.28.